The summed E-state index contributed by atoms with van der Waals surface area (Å²) in [5.74, 6) is 1.95. The molecule has 0 unspecified atom stereocenters. The van der Waals surface area contributed by atoms with E-state index in [0.717, 1.165) is 28.0 Å². The van der Waals surface area contributed by atoms with E-state index in [4.69, 9.17) is 10.2 Å². The number of nitrogens with one attached hydrogen (secondary N) is 2. The largest absolute Gasteiger partial charge is 0.325 e. The SMILES string of the molecule is N#Cc1ccnc(Nc2cc(C3CC3)cc(-c3ccc4cn[nH]c4c3)n2)c1. The maximum absolute atomic E-state index is 9.09. The fourth-order valence-electron chi connectivity index (χ4n) is 3.21. The number of fused-ring (bicyclic) bond motifs is 1. The zero-order valence-corrected chi connectivity index (χ0v) is 14.5. The molecule has 0 saturated heterocycles. The smallest absolute Gasteiger partial charge is 0.132 e. The van der Waals surface area contributed by atoms with Crippen LogP contribution in [0.5, 0.6) is 0 Å². The number of aromatic nitrogens is 4. The van der Waals surface area contributed by atoms with Gasteiger partial charge in [0.25, 0.3) is 0 Å². The molecular weight excluding hydrogens is 336 g/mol. The van der Waals surface area contributed by atoms with Crippen LogP contribution in [0.25, 0.3) is 22.2 Å². The Morgan fingerprint density at radius 1 is 1.07 bits per heavy atom. The minimum absolute atomic E-state index is 0.566. The van der Waals surface area contributed by atoms with Crippen LogP contribution in [0.2, 0.25) is 0 Å². The molecule has 27 heavy (non-hydrogen) atoms. The maximum Gasteiger partial charge on any atom is 0.132 e. The third-order valence-corrected chi connectivity index (χ3v) is 4.78. The summed E-state index contributed by atoms with van der Waals surface area (Å²) in [6.07, 6.45) is 5.86. The van der Waals surface area contributed by atoms with Crippen LogP contribution in [0.3, 0.4) is 0 Å². The molecule has 1 aliphatic rings. The van der Waals surface area contributed by atoms with Gasteiger partial charge in [-0.25, -0.2) is 9.97 Å². The monoisotopic (exact) mass is 352 g/mol. The van der Waals surface area contributed by atoms with Crippen molar-refractivity contribution in [2.45, 2.75) is 18.8 Å². The Morgan fingerprint density at radius 2 is 2.00 bits per heavy atom. The van der Waals surface area contributed by atoms with E-state index in [9.17, 15) is 0 Å². The van der Waals surface area contributed by atoms with Gasteiger partial charge in [-0.1, -0.05) is 12.1 Å². The molecule has 0 radical (unpaired) electrons. The molecule has 0 atom stereocenters. The summed E-state index contributed by atoms with van der Waals surface area (Å²) in [5, 5.41) is 20.5. The third-order valence-electron chi connectivity index (χ3n) is 4.78. The molecule has 1 saturated carbocycles. The van der Waals surface area contributed by atoms with Crippen LogP contribution in [0.1, 0.15) is 29.9 Å². The minimum atomic E-state index is 0.566. The van der Waals surface area contributed by atoms with Crippen LogP contribution in [-0.2, 0) is 0 Å². The van der Waals surface area contributed by atoms with Gasteiger partial charge in [-0.3, -0.25) is 5.10 Å². The first-order valence-electron chi connectivity index (χ1n) is 8.87. The van der Waals surface area contributed by atoms with Crippen LogP contribution in [0.4, 0.5) is 11.6 Å². The van der Waals surface area contributed by atoms with Crippen molar-refractivity contribution in [3.63, 3.8) is 0 Å². The van der Waals surface area contributed by atoms with Gasteiger partial charge in [0.1, 0.15) is 11.6 Å². The highest BCUT2D eigenvalue weighted by Gasteiger charge is 2.25. The van der Waals surface area contributed by atoms with Gasteiger partial charge in [0.2, 0.25) is 0 Å². The van der Waals surface area contributed by atoms with E-state index in [-0.39, 0.29) is 0 Å². The van der Waals surface area contributed by atoms with E-state index in [1.54, 1.807) is 18.3 Å². The fourth-order valence-corrected chi connectivity index (χ4v) is 3.21. The van der Waals surface area contributed by atoms with E-state index in [2.05, 4.69) is 50.8 Å². The molecule has 0 spiro atoms. The molecule has 3 heterocycles. The van der Waals surface area contributed by atoms with E-state index in [1.807, 2.05) is 12.3 Å². The lowest BCUT2D eigenvalue weighted by molar-refractivity contribution is 1.11. The van der Waals surface area contributed by atoms with E-state index < -0.39 is 0 Å². The van der Waals surface area contributed by atoms with E-state index in [0.29, 0.717) is 17.3 Å². The number of nitrogens with zero attached hydrogens (tertiary/aromatic N) is 4. The molecule has 5 rings (SSSR count). The van der Waals surface area contributed by atoms with Crippen LogP contribution >= 0.6 is 0 Å². The molecule has 130 valence electrons. The summed E-state index contributed by atoms with van der Waals surface area (Å²) in [4.78, 5) is 9.08. The van der Waals surface area contributed by atoms with Crippen molar-refractivity contribution in [1.82, 2.24) is 20.2 Å². The molecule has 2 N–H and O–H groups in total. The van der Waals surface area contributed by atoms with Gasteiger partial charge in [0.05, 0.1) is 29.0 Å². The first-order chi connectivity index (χ1) is 13.3. The molecule has 0 amide bonds. The van der Waals surface area contributed by atoms with Gasteiger partial charge in [-0.05, 0) is 54.7 Å². The number of pyridine rings is 2. The standard InChI is InChI=1S/C21H16N6/c22-11-13-5-6-23-20(7-13)26-21-10-17(14-1-2-14)9-18(25-21)15-3-4-16-12-24-27-19(16)8-15/h3-10,12,14H,1-2H2,(H,24,27)(H,23,25,26). The van der Waals surface area contributed by atoms with Crippen molar-refractivity contribution >= 4 is 22.5 Å². The Labute approximate surface area is 155 Å². The second-order valence-corrected chi connectivity index (χ2v) is 6.78. The number of rotatable bonds is 4. The predicted molar refractivity (Wildman–Crippen MR) is 104 cm³/mol. The topological polar surface area (TPSA) is 90.3 Å². The van der Waals surface area contributed by atoms with Crippen molar-refractivity contribution in [3.05, 3.63) is 66.0 Å². The van der Waals surface area contributed by atoms with Crippen molar-refractivity contribution < 1.29 is 0 Å². The van der Waals surface area contributed by atoms with E-state index >= 15 is 0 Å². The second-order valence-electron chi connectivity index (χ2n) is 6.78. The lowest BCUT2D eigenvalue weighted by Crippen LogP contribution is -1.99. The number of hydrogen-bond acceptors (Lipinski definition) is 5. The Morgan fingerprint density at radius 3 is 2.85 bits per heavy atom. The molecule has 1 fully saturated rings. The quantitative estimate of drug-likeness (QED) is 0.564. The Kier molecular flexibility index (Phi) is 3.58. The first-order valence-corrected chi connectivity index (χ1v) is 8.87. The molecule has 6 heteroatoms. The van der Waals surface area contributed by atoms with Crippen molar-refractivity contribution in [1.29, 1.82) is 5.26 Å². The van der Waals surface area contributed by atoms with Crippen LogP contribution in [-0.4, -0.2) is 20.2 Å². The lowest BCUT2D eigenvalue weighted by Gasteiger charge is -2.11. The minimum Gasteiger partial charge on any atom is -0.325 e. The third kappa shape index (κ3) is 3.11. The molecule has 4 aromatic rings. The summed E-state index contributed by atoms with van der Waals surface area (Å²) >= 11 is 0. The number of benzene rings is 1. The van der Waals surface area contributed by atoms with E-state index in [1.165, 1.54) is 18.4 Å². The molecule has 0 aliphatic heterocycles. The number of anilines is 2. The Balaban J connectivity index is 1.56. The van der Waals surface area contributed by atoms with Crippen molar-refractivity contribution in [2.75, 3.05) is 5.32 Å². The average Bonchev–Trinajstić information content (AvgIpc) is 3.45. The molecule has 1 aliphatic carbocycles. The number of H-pyrrole nitrogens is 1. The summed E-state index contributed by atoms with van der Waals surface area (Å²) in [6.45, 7) is 0. The summed E-state index contributed by atoms with van der Waals surface area (Å²) in [5.41, 5.74) is 4.79. The summed E-state index contributed by atoms with van der Waals surface area (Å²) in [6, 6.07) is 16.0. The maximum atomic E-state index is 9.09. The average molecular weight is 352 g/mol. The second kappa shape index (κ2) is 6.22. The molecule has 3 aromatic heterocycles. The van der Waals surface area contributed by atoms with Gasteiger partial charge < -0.3 is 5.32 Å². The van der Waals surface area contributed by atoms with Crippen LogP contribution in [0.15, 0.2) is 54.9 Å². The zero-order valence-electron chi connectivity index (χ0n) is 14.5. The van der Waals surface area contributed by atoms with Gasteiger partial charge in [0, 0.05) is 17.1 Å². The highest BCUT2D eigenvalue weighted by Crippen LogP contribution is 2.42. The summed E-state index contributed by atoms with van der Waals surface area (Å²) < 4.78 is 0. The molecular formula is C21H16N6. The Bertz CT molecular complexity index is 1180. The van der Waals surface area contributed by atoms with Crippen molar-refractivity contribution in [3.8, 4) is 17.3 Å². The highest BCUT2D eigenvalue weighted by molar-refractivity contribution is 5.83. The van der Waals surface area contributed by atoms with Crippen LogP contribution in [0, 0.1) is 11.3 Å². The zero-order chi connectivity index (χ0) is 18.2. The van der Waals surface area contributed by atoms with Gasteiger partial charge in [0.15, 0.2) is 0 Å². The lowest BCUT2D eigenvalue weighted by atomic mass is 10.1. The summed E-state index contributed by atoms with van der Waals surface area (Å²) in [7, 11) is 0. The molecule has 6 nitrogen and oxygen atoms in total. The number of nitriles is 1. The van der Waals surface area contributed by atoms with Crippen molar-refractivity contribution in [2.24, 2.45) is 0 Å². The Hall–Kier alpha value is -3.72. The van der Waals surface area contributed by atoms with Crippen LogP contribution < -0.4 is 5.32 Å². The highest BCUT2D eigenvalue weighted by atomic mass is 15.1. The van der Waals surface area contributed by atoms with Gasteiger partial charge in [-0.15, -0.1) is 0 Å². The predicted octanol–water partition coefficient (Wildman–Crippen LogP) is 4.51. The normalized spacial score (nSPS) is 13.4. The fraction of sp³-hybridized carbons (Fsp3) is 0.143. The molecule has 1 aromatic carbocycles. The first kappa shape index (κ1) is 15.5. The molecule has 0 bridgehead atoms. The van der Waals surface area contributed by atoms with Gasteiger partial charge >= 0.3 is 0 Å². The number of aromatic amines is 1. The number of hydrogen-bond donors (Lipinski definition) is 2. The van der Waals surface area contributed by atoms with Gasteiger partial charge in [-0.2, -0.15) is 10.4 Å².